The topological polar surface area (TPSA) is 62.2 Å². The van der Waals surface area contributed by atoms with E-state index in [0.717, 1.165) is 34.6 Å². The van der Waals surface area contributed by atoms with Gasteiger partial charge in [-0.3, -0.25) is 4.79 Å². The van der Waals surface area contributed by atoms with E-state index in [-0.39, 0.29) is 5.91 Å². The lowest BCUT2D eigenvalue weighted by Gasteiger charge is -2.31. The fraction of sp³-hybridized carbons (Fsp3) is 0.429. The molecule has 106 valence electrons. The number of para-hydroxylation sites is 1. The third-order valence-electron chi connectivity index (χ3n) is 3.49. The van der Waals surface area contributed by atoms with Crippen molar-refractivity contribution >= 4 is 39.2 Å². The first kappa shape index (κ1) is 13.9. The van der Waals surface area contributed by atoms with Gasteiger partial charge in [0.2, 0.25) is 0 Å². The molecule has 2 aromatic rings. The molecule has 0 bridgehead atoms. The number of fused-ring (bicyclic) bond motifs is 1. The maximum atomic E-state index is 12.1. The molecule has 2 heterocycles. The minimum Gasteiger partial charge on any atom is -0.388 e. The Hall–Kier alpha value is -1.11. The molecule has 1 amide bonds. The molecule has 0 radical (unpaired) electrons. The van der Waals surface area contributed by atoms with Crippen LogP contribution >= 0.6 is 23.1 Å². The number of nitrogens with one attached hydrogen (secondary N) is 1. The smallest absolute Gasteiger partial charge is 0.280 e. The summed E-state index contributed by atoms with van der Waals surface area (Å²) in [6.07, 6.45) is 1.47. The summed E-state index contributed by atoms with van der Waals surface area (Å²) in [5.74, 6) is 1.71. The Morgan fingerprint density at radius 2 is 2.10 bits per heavy atom. The number of nitrogens with zero attached hydrogens (tertiary/aromatic N) is 1. The predicted molar refractivity (Wildman–Crippen MR) is 83.5 cm³/mol. The maximum absolute atomic E-state index is 12.1. The van der Waals surface area contributed by atoms with E-state index in [1.807, 2.05) is 36.0 Å². The van der Waals surface area contributed by atoms with Crippen molar-refractivity contribution in [3.05, 3.63) is 29.3 Å². The Balaban J connectivity index is 1.66. The number of thiazole rings is 1. The molecule has 1 aliphatic heterocycles. The van der Waals surface area contributed by atoms with Gasteiger partial charge in [-0.05, 0) is 36.5 Å². The zero-order chi connectivity index (χ0) is 14.0. The average molecular weight is 308 g/mol. The van der Waals surface area contributed by atoms with Gasteiger partial charge in [-0.25, -0.2) is 4.98 Å². The van der Waals surface area contributed by atoms with Crippen LogP contribution in [0.5, 0.6) is 0 Å². The molecule has 0 saturated carbocycles. The molecule has 0 spiro atoms. The van der Waals surface area contributed by atoms with Gasteiger partial charge >= 0.3 is 0 Å². The minimum absolute atomic E-state index is 0.196. The molecule has 2 N–H and O–H groups in total. The molecule has 20 heavy (non-hydrogen) atoms. The summed E-state index contributed by atoms with van der Waals surface area (Å²) in [4.78, 5) is 16.4. The Bertz CT molecular complexity index is 587. The van der Waals surface area contributed by atoms with Crippen LogP contribution in [0.4, 0.5) is 0 Å². The summed E-state index contributed by atoms with van der Waals surface area (Å²) in [6.45, 7) is 0.308. The number of rotatable bonds is 3. The monoisotopic (exact) mass is 308 g/mol. The molecule has 4 nitrogen and oxygen atoms in total. The van der Waals surface area contributed by atoms with Gasteiger partial charge in [0, 0.05) is 6.54 Å². The number of hydrogen-bond acceptors (Lipinski definition) is 5. The highest BCUT2D eigenvalue weighted by Gasteiger charge is 2.30. The van der Waals surface area contributed by atoms with Crippen LogP contribution in [-0.2, 0) is 0 Å². The molecule has 0 aliphatic carbocycles. The van der Waals surface area contributed by atoms with Gasteiger partial charge in [-0.2, -0.15) is 11.8 Å². The molecule has 0 atom stereocenters. The van der Waals surface area contributed by atoms with E-state index in [1.165, 1.54) is 11.3 Å². The van der Waals surface area contributed by atoms with Crippen LogP contribution in [0.2, 0.25) is 0 Å². The van der Waals surface area contributed by atoms with E-state index in [0.29, 0.717) is 11.6 Å². The van der Waals surface area contributed by atoms with E-state index in [4.69, 9.17) is 0 Å². The van der Waals surface area contributed by atoms with Crippen LogP contribution in [0, 0.1) is 0 Å². The summed E-state index contributed by atoms with van der Waals surface area (Å²) in [5, 5.41) is 13.6. The molecule has 6 heteroatoms. The highest BCUT2D eigenvalue weighted by molar-refractivity contribution is 7.99. The van der Waals surface area contributed by atoms with Crippen molar-refractivity contribution in [2.75, 3.05) is 18.1 Å². The quantitative estimate of drug-likeness (QED) is 0.913. The van der Waals surface area contributed by atoms with Gasteiger partial charge in [-0.1, -0.05) is 12.1 Å². The van der Waals surface area contributed by atoms with Gasteiger partial charge in [-0.15, -0.1) is 11.3 Å². The van der Waals surface area contributed by atoms with E-state index in [2.05, 4.69) is 10.3 Å². The molecule has 1 aromatic carbocycles. The largest absolute Gasteiger partial charge is 0.388 e. The van der Waals surface area contributed by atoms with Crippen LogP contribution < -0.4 is 5.32 Å². The van der Waals surface area contributed by atoms with Gasteiger partial charge in [0.05, 0.1) is 15.8 Å². The van der Waals surface area contributed by atoms with Gasteiger partial charge in [0.25, 0.3) is 5.91 Å². The van der Waals surface area contributed by atoms with Crippen molar-refractivity contribution in [2.45, 2.75) is 18.4 Å². The van der Waals surface area contributed by atoms with Gasteiger partial charge < -0.3 is 10.4 Å². The van der Waals surface area contributed by atoms with E-state index in [1.54, 1.807) is 0 Å². The van der Waals surface area contributed by atoms with Crippen molar-refractivity contribution in [1.82, 2.24) is 10.3 Å². The molecule has 3 rings (SSSR count). The fourth-order valence-corrected chi connectivity index (χ4v) is 4.35. The SMILES string of the molecule is O=C(NCC1(O)CCSCC1)c1nc2ccccc2s1. The second kappa shape index (κ2) is 5.71. The third kappa shape index (κ3) is 2.97. The summed E-state index contributed by atoms with van der Waals surface area (Å²) in [7, 11) is 0. The van der Waals surface area contributed by atoms with Crippen LogP contribution in [-0.4, -0.2) is 39.6 Å². The number of benzene rings is 1. The Labute approximate surface area is 125 Å². The summed E-state index contributed by atoms with van der Waals surface area (Å²) in [6, 6.07) is 7.70. The van der Waals surface area contributed by atoms with Crippen LogP contribution in [0.1, 0.15) is 22.6 Å². The molecule has 0 unspecified atom stereocenters. The average Bonchev–Trinajstić information content (AvgIpc) is 2.89. The second-order valence-corrected chi connectivity index (χ2v) is 7.26. The van der Waals surface area contributed by atoms with Crippen molar-refractivity contribution in [2.24, 2.45) is 0 Å². The van der Waals surface area contributed by atoms with E-state index >= 15 is 0 Å². The summed E-state index contributed by atoms with van der Waals surface area (Å²) in [5.41, 5.74) is 0.0906. The standard InChI is InChI=1S/C14H16N2O2S2/c17-12(15-9-14(18)5-7-19-8-6-14)13-16-10-3-1-2-4-11(10)20-13/h1-4,18H,5-9H2,(H,15,17). The Kier molecular flexibility index (Phi) is 3.96. The van der Waals surface area contributed by atoms with E-state index in [9.17, 15) is 9.90 Å². The molecular formula is C14H16N2O2S2. The highest BCUT2D eigenvalue weighted by Crippen LogP contribution is 2.26. The third-order valence-corrected chi connectivity index (χ3v) is 5.51. The number of aliphatic hydroxyl groups is 1. The zero-order valence-corrected chi connectivity index (χ0v) is 12.6. The highest BCUT2D eigenvalue weighted by atomic mass is 32.2. The fourth-order valence-electron chi connectivity index (χ4n) is 2.22. The lowest BCUT2D eigenvalue weighted by Crippen LogP contribution is -2.45. The lowest BCUT2D eigenvalue weighted by molar-refractivity contribution is 0.0311. The molecular weight excluding hydrogens is 292 g/mol. The zero-order valence-electron chi connectivity index (χ0n) is 11.0. The van der Waals surface area contributed by atoms with Crippen LogP contribution in [0.3, 0.4) is 0 Å². The Morgan fingerprint density at radius 1 is 1.35 bits per heavy atom. The number of carbonyl (C=O) groups excluding carboxylic acids is 1. The molecule has 1 fully saturated rings. The van der Waals surface area contributed by atoms with Gasteiger partial charge in [0.15, 0.2) is 5.01 Å². The van der Waals surface area contributed by atoms with Crippen molar-refractivity contribution in [1.29, 1.82) is 0 Å². The minimum atomic E-state index is -0.752. The van der Waals surface area contributed by atoms with Crippen molar-refractivity contribution in [3.63, 3.8) is 0 Å². The number of amides is 1. The first-order chi connectivity index (χ1) is 9.66. The van der Waals surface area contributed by atoms with Crippen LogP contribution in [0.15, 0.2) is 24.3 Å². The number of hydrogen-bond donors (Lipinski definition) is 2. The van der Waals surface area contributed by atoms with Gasteiger partial charge in [0.1, 0.15) is 0 Å². The second-order valence-electron chi connectivity index (χ2n) is 5.01. The first-order valence-corrected chi connectivity index (χ1v) is 8.57. The predicted octanol–water partition coefficient (Wildman–Crippen LogP) is 2.28. The summed E-state index contributed by atoms with van der Waals surface area (Å²) >= 11 is 3.23. The Morgan fingerprint density at radius 3 is 2.85 bits per heavy atom. The lowest BCUT2D eigenvalue weighted by atomic mass is 9.97. The van der Waals surface area contributed by atoms with Crippen molar-refractivity contribution in [3.8, 4) is 0 Å². The van der Waals surface area contributed by atoms with E-state index < -0.39 is 5.60 Å². The summed E-state index contributed by atoms with van der Waals surface area (Å²) < 4.78 is 1.01. The molecule has 1 aromatic heterocycles. The number of thioether (sulfide) groups is 1. The van der Waals surface area contributed by atoms with Crippen LogP contribution in [0.25, 0.3) is 10.2 Å². The molecule has 1 aliphatic rings. The normalized spacial score (nSPS) is 18.1. The number of aromatic nitrogens is 1. The maximum Gasteiger partial charge on any atom is 0.280 e. The number of carbonyl (C=O) groups is 1. The first-order valence-electron chi connectivity index (χ1n) is 6.60. The molecule has 1 saturated heterocycles. The van der Waals surface area contributed by atoms with Crippen molar-refractivity contribution < 1.29 is 9.90 Å².